The van der Waals surface area contributed by atoms with Crippen molar-refractivity contribution in [3.8, 4) is 0 Å². The topological polar surface area (TPSA) is 106 Å². The molecule has 0 aromatic rings. The fourth-order valence-corrected chi connectivity index (χ4v) is 1.00. The van der Waals surface area contributed by atoms with E-state index in [1.807, 2.05) is 0 Å². The van der Waals surface area contributed by atoms with Crippen molar-refractivity contribution in [3.63, 3.8) is 0 Å². The molecule has 0 aliphatic carbocycles. The first kappa shape index (κ1) is 14.4. The maximum Gasteiger partial charge on any atom is 0.306 e. The Labute approximate surface area is 76.7 Å². The van der Waals surface area contributed by atoms with E-state index >= 15 is 0 Å². The van der Waals surface area contributed by atoms with E-state index in [-0.39, 0.29) is 17.8 Å². The molecule has 0 aromatic heterocycles. The lowest BCUT2D eigenvalue weighted by Gasteiger charge is -2.07. The second kappa shape index (κ2) is 7.54. The van der Waals surface area contributed by atoms with Gasteiger partial charge in [-0.2, -0.15) is 0 Å². The fraction of sp³-hybridized carbons (Fsp3) is 0.750. The molecule has 13 heavy (non-hydrogen) atoms. The van der Waals surface area contributed by atoms with Crippen LogP contribution in [0.1, 0.15) is 32.6 Å². The summed E-state index contributed by atoms with van der Waals surface area (Å²) in [4.78, 5) is 20.6. The molecule has 1 unspecified atom stereocenters. The zero-order chi connectivity index (χ0) is 9.56. The minimum absolute atomic E-state index is 0. The largest absolute Gasteiger partial charge is 0.481 e. The van der Waals surface area contributed by atoms with Crippen LogP contribution in [0.25, 0.3) is 0 Å². The molecular formula is C8H16O5. The molecule has 0 heterocycles. The Kier molecular flexibility index (Phi) is 8.37. The lowest BCUT2D eigenvalue weighted by Crippen LogP contribution is -2.12. The maximum atomic E-state index is 10.5. The minimum atomic E-state index is -0.866. The van der Waals surface area contributed by atoms with Crippen LogP contribution in [-0.2, 0) is 9.59 Å². The van der Waals surface area contributed by atoms with Crippen LogP contribution in [0.15, 0.2) is 0 Å². The highest BCUT2D eigenvalue weighted by atomic mass is 16.4. The zero-order valence-corrected chi connectivity index (χ0v) is 7.62. The lowest BCUT2D eigenvalue weighted by molar-refractivity contribution is -0.143. The van der Waals surface area contributed by atoms with Gasteiger partial charge in [-0.15, -0.1) is 0 Å². The number of hydrogen-bond donors (Lipinski definition) is 2. The van der Waals surface area contributed by atoms with Gasteiger partial charge in [0, 0.05) is 6.42 Å². The molecule has 0 saturated heterocycles. The van der Waals surface area contributed by atoms with E-state index in [1.165, 1.54) is 0 Å². The molecule has 0 aromatic carbocycles. The third-order valence-electron chi connectivity index (χ3n) is 1.79. The molecular weight excluding hydrogens is 176 g/mol. The maximum absolute atomic E-state index is 10.5. The molecule has 0 rings (SSSR count). The molecule has 78 valence electrons. The van der Waals surface area contributed by atoms with Gasteiger partial charge in [-0.3, -0.25) is 9.59 Å². The van der Waals surface area contributed by atoms with Gasteiger partial charge in [0.25, 0.3) is 0 Å². The number of carboxylic acids is 2. The summed E-state index contributed by atoms with van der Waals surface area (Å²) in [5.41, 5.74) is 0. The standard InChI is InChI=1S/C8H14O4.H2O/c1-2-6(8(11)12)4-3-5-7(9)10;/h6H,2-5H2,1H3,(H,9,10)(H,11,12);1H2. The number of carboxylic acid groups (broad SMARTS) is 2. The third kappa shape index (κ3) is 7.27. The average molecular weight is 192 g/mol. The number of aliphatic carboxylic acids is 2. The summed E-state index contributed by atoms with van der Waals surface area (Å²) in [5, 5.41) is 16.9. The summed E-state index contributed by atoms with van der Waals surface area (Å²) < 4.78 is 0. The van der Waals surface area contributed by atoms with Crippen molar-refractivity contribution >= 4 is 11.9 Å². The van der Waals surface area contributed by atoms with E-state index in [0.29, 0.717) is 19.3 Å². The summed E-state index contributed by atoms with van der Waals surface area (Å²) in [7, 11) is 0. The molecule has 0 saturated carbocycles. The summed E-state index contributed by atoms with van der Waals surface area (Å²) >= 11 is 0. The monoisotopic (exact) mass is 192 g/mol. The molecule has 1 atom stereocenters. The van der Waals surface area contributed by atoms with E-state index in [0.717, 1.165) is 0 Å². The normalized spacial score (nSPS) is 11.5. The molecule has 5 nitrogen and oxygen atoms in total. The van der Waals surface area contributed by atoms with E-state index in [1.54, 1.807) is 6.92 Å². The SMILES string of the molecule is CCC(CCCC(=O)O)C(=O)O.O. The van der Waals surface area contributed by atoms with Gasteiger partial charge in [-0.1, -0.05) is 6.92 Å². The van der Waals surface area contributed by atoms with Gasteiger partial charge in [0.05, 0.1) is 5.92 Å². The van der Waals surface area contributed by atoms with Crippen molar-refractivity contribution in [2.45, 2.75) is 32.6 Å². The summed E-state index contributed by atoms with van der Waals surface area (Å²) in [6, 6.07) is 0. The van der Waals surface area contributed by atoms with Crippen LogP contribution in [0.2, 0.25) is 0 Å². The van der Waals surface area contributed by atoms with Crippen molar-refractivity contribution in [2.75, 3.05) is 0 Å². The van der Waals surface area contributed by atoms with Crippen molar-refractivity contribution in [1.82, 2.24) is 0 Å². The molecule has 0 bridgehead atoms. The molecule has 0 amide bonds. The molecule has 0 radical (unpaired) electrons. The summed E-state index contributed by atoms with van der Waals surface area (Å²) in [6.07, 6.45) is 1.52. The second-order valence-corrected chi connectivity index (χ2v) is 2.73. The Balaban J connectivity index is 0. The van der Waals surface area contributed by atoms with E-state index in [2.05, 4.69) is 0 Å². The average Bonchev–Trinajstić information content (AvgIpc) is 1.96. The van der Waals surface area contributed by atoms with Gasteiger partial charge in [-0.05, 0) is 19.3 Å². The molecule has 0 spiro atoms. The second-order valence-electron chi connectivity index (χ2n) is 2.73. The van der Waals surface area contributed by atoms with Crippen LogP contribution in [0, 0.1) is 5.92 Å². The van der Waals surface area contributed by atoms with Crippen molar-refractivity contribution < 1.29 is 25.3 Å². The summed E-state index contributed by atoms with van der Waals surface area (Å²) in [5.74, 6) is -2.08. The molecule has 0 aliphatic heterocycles. The summed E-state index contributed by atoms with van der Waals surface area (Å²) in [6.45, 7) is 1.79. The third-order valence-corrected chi connectivity index (χ3v) is 1.79. The Morgan fingerprint density at radius 2 is 1.85 bits per heavy atom. The van der Waals surface area contributed by atoms with Crippen LogP contribution < -0.4 is 0 Å². The predicted octanol–water partition coefficient (Wildman–Crippen LogP) is 0.527. The quantitative estimate of drug-likeness (QED) is 0.640. The van der Waals surface area contributed by atoms with Gasteiger partial charge >= 0.3 is 11.9 Å². The van der Waals surface area contributed by atoms with Gasteiger partial charge in [0.1, 0.15) is 0 Å². The van der Waals surface area contributed by atoms with Crippen molar-refractivity contribution in [3.05, 3.63) is 0 Å². The van der Waals surface area contributed by atoms with Crippen LogP contribution in [0.4, 0.5) is 0 Å². The fourth-order valence-electron chi connectivity index (χ4n) is 1.00. The number of carbonyl (C=O) groups is 2. The molecule has 4 N–H and O–H groups in total. The van der Waals surface area contributed by atoms with Gasteiger partial charge in [0.15, 0.2) is 0 Å². The lowest BCUT2D eigenvalue weighted by atomic mass is 10.00. The molecule has 0 aliphatic rings. The number of hydrogen-bond acceptors (Lipinski definition) is 2. The minimum Gasteiger partial charge on any atom is -0.481 e. The Hall–Kier alpha value is -1.10. The Bertz CT molecular complexity index is 166. The van der Waals surface area contributed by atoms with E-state index in [4.69, 9.17) is 10.2 Å². The highest BCUT2D eigenvalue weighted by molar-refractivity contribution is 5.70. The van der Waals surface area contributed by atoms with E-state index in [9.17, 15) is 9.59 Å². The molecule has 5 heteroatoms. The van der Waals surface area contributed by atoms with Crippen LogP contribution in [0.3, 0.4) is 0 Å². The number of rotatable bonds is 6. The highest BCUT2D eigenvalue weighted by Gasteiger charge is 2.14. The zero-order valence-electron chi connectivity index (χ0n) is 7.62. The highest BCUT2D eigenvalue weighted by Crippen LogP contribution is 2.12. The first-order valence-corrected chi connectivity index (χ1v) is 4.02. The Morgan fingerprint density at radius 1 is 1.31 bits per heavy atom. The van der Waals surface area contributed by atoms with Crippen molar-refractivity contribution in [1.29, 1.82) is 0 Å². The van der Waals surface area contributed by atoms with Gasteiger partial charge in [0.2, 0.25) is 0 Å². The van der Waals surface area contributed by atoms with Crippen molar-refractivity contribution in [2.24, 2.45) is 5.92 Å². The van der Waals surface area contributed by atoms with Crippen LogP contribution in [-0.4, -0.2) is 27.6 Å². The first-order valence-electron chi connectivity index (χ1n) is 4.02. The smallest absolute Gasteiger partial charge is 0.306 e. The predicted molar refractivity (Wildman–Crippen MR) is 46.5 cm³/mol. The first-order chi connectivity index (χ1) is 5.57. The van der Waals surface area contributed by atoms with Gasteiger partial charge < -0.3 is 15.7 Å². The molecule has 0 fully saturated rings. The van der Waals surface area contributed by atoms with Crippen LogP contribution in [0.5, 0.6) is 0 Å². The van der Waals surface area contributed by atoms with Crippen LogP contribution >= 0.6 is 0 Å². The van der Waals surface area contributed by atoms with E-state index < -0.39 is 11.9 Å². The Morgan fingerprint density at radius 3 is 2.15 bits per heavy atom. The van der Waals surface area contributed by atoms with Gasteiger partial charge in [-0.25, -0.2) is 0 Å².